The Kier molecular flexibility index (Phi) is 2.64. The van der Waals surface area contributed by atoms with E-state index in [9.17, 15) is 5.11 Å². The molecular weight excluding hydrogens is 260 g/mol. The van der Waals surface area contributed by atoms with Gasteiger partial charge in [0.15, 0.2) is 10.4 Å². The maximum atomic E-state index is 9.65. The first kappa shape index (κ1) is 10.0. The normalized spacial score (nSPS) is 10.3. The summed E-state index contributed by atoms with van der Waals surface area (Å²) in [5.74, 6) is 0.794. The summed E-state index contributed by atoms with van der Waals surface area (Å²) in [6.07, 6.45) is 1.58. The fraction of sp³-hybridized carbons (Fsp3) is 0.100. The van der Waals surface area contributed by atoms with Crippen LogP contribution in [0.2, 0.25) is 0 Å². The number of hydrogen-bond donors (Lipinski definition) is 1. The first-order valence-corrected chi connectivity index (χ1v) is 5.09. The molecule has 78 valence electrons. The third-order valence-electron chi connectivity index (χ3n) is 2.01. The van der Waals surface area contributed by atoms with Crippen molar-refractivity contribution in [3.8, 4) is 17.2 Å². The smallest absolute Gasteiger partial charge is 0.171 e. The van der Waals surface area contributed by atoms with Crippen molar-refractivity contribution in [3.63, 3.8) is 0 Å². The number of para-hydroxylation sites is 2. The number of aromatic nitrogens is 2. The second kappa shape index (κ2) is 3.94. The van der Waals surface area contributed by atoms with Gasteiger partial charge in [-0.25, -0.2) is 4.68 Å². The van der Waals surface area contributed by atoms with Gasteiger partial charge in [-0.1, -0.05) is 12.1 Å². The van der Waals surface area contributed by atoms with Crippen LogP contribution in [-0.4, -0.2) is 22.0 Å². The van der Waals surface area contributed by atoms with E-state index in [2.05, 4.69) is 21.0 Å². The van der Waals surface area contributed by atoms with Crippen molar-refractivity contribution in [2.75, 3.05) is 7.11 Å². The molecule has 0 radical (unpaired) electrons. The lowest BCUT2D eigenvalue weighted by Gasteiger charge is -2.05. The monoisotopic (exact) mass is 268 g/mol. The van der Waals surface area contributed by atoms with Crippen LogP contribution in [0.15, 0.2) is 35.1 Å². The minimum absolute atomic E-state index is 0.170. The molecule has 0 spiro atoms. The minimum Gasteiger partial charge on any atom is -0.506 e. The number of phenols is 1. The fourth-order valence-corrected chi connectivity index (χ4v) is 1.81. The molecule has 0 amide bonds. The summed E-state index contributed by atoms with van der Waals surface area (Å²) in [6.45, 7) is 0. The molecule has 0 saturated heterocycles. The lowest BCUT2D eigenvalue weighted by molar-refractivity contribution is 0.411. The maximum absolute atomic E-state index is 9.65. The van der Waals surface area contributed by atoms with E-state index >= 15 is 0 Å². The highest BCUT2D eigenvalue weighted by Crippen LogP contribution is 2.30. The Labute approximate surface area is 95.2 Å². The predicted octanol–water partition coefficient (Wildman–Crippen LogP) is 2.35. The zero-order valence-corrected chi connectivity index (χ0v) is 9.60. The Bertz CT molecular complexity index is 482. The van der Waals surface area contributed by atoms with E-state index in [0.29, 0.717) is 16.0 Å². The van der Waals surface area contributed by atoms with E-state index in [-0.39, 0.29) is 5.75 Å². The third-order valence-corrected chi connectivity index (χ3v) is 2.74. The van der Waals surface area contributed by atoms with E-state index < -0.39 is 0 Å². The summed E-state index contributed by atoms with van der Waals surface area (Å²) in [5, 5.41) is 13.8. The van der Waals surface area contributed by atoms with Crippen LogP contribution in [0.25, 0.3) is 5.69 Å². The number of hydrogen-bond acceptors (Lipinski definition) is 3. The predicted molar refractivity (Wildman–Crippen MR) is 59.5 cm³/mol. The van der Waals surface area contributed by atoms with Crippen molar-refractivity contribution in [1.82, 2.24) is 9.78 Å². The average Bonchev–Trinajstić information content (AvgIpc) is 2.60. The molecule has 0 bridgehead atoms. The van der Waals surface area contributed by atoms with E-state index in [1.165, 1.54) is 0 Å². The fourth-order valence-electron chi connectivity index (χ4n) is 1.27. The van der Waals surface area contributed by atoms with Gasteiger partial charge in [0.2, 0.25) is 0 Å². The molecule has 0 atom stereocenters. The lowest BCUT2D eigenvalue weighted by atomic mass is 10.3. The van der Waals surface area contributed by atoms with Crippen LogP contribution in [0, 0.1) is 0 Å². The molecule has 15 heavy (non-hydrogen) atoms. The molecule has 0 fully saturated rings. The molecule has 4 nitrogen and oxygen atoms in total. The molecule has 1 aromatic heterocycles. The van der Waals surface area contributed by atoms with Gasteiger partial charge < -0.3 is 9.84 Å². The highest BCUT2D eigenvalue weighted by atomic mass is 79.9. The Morgan fingerprint density at radius 3 is 2.73 bits per heavy atom. The molecule has 2 rings (SSSR count). The van der Waals surface area contributed by atoms with Gasteiger partial charge in [-0.05, 0) is 28.1 Å². The maximum Gasteiger partial charge on any atom is 0.171 e. The number of ether oxygens (including phenoxy) is 1. The molecule has 1 aromatic carbocycles. The number of halogens is 1. The summed E-state index contributed by atoms with van der Waals surface area (Å²) in [4.78, 5) is 0. The van der Waals surface area contributed by atoms with Gasteiger partial charge >= 0.3 is 0 Å². The summed E-state index contributed by atoms with van der Waals surface area (Å²) in [7, 11) is 1.57. The van der Waals surface area contributed by atoms with E-state index in [4.69, 9.17) is 4.74 Å². The Morgan fingerprint density at radius 2 is 2.13 bits per heavy atom. The molecule has 2 aromatic rings. The van der Waals surface area contributed by atoms with Crippen LogP contribution in [0.1, 0.15) is 0 Å². The SMILES string of the molecule is COc1cnn(-c2ccccc2O)c1Br. The summed E-state index contributed by atoms with van der Waals surface area (Å²) in [5.41, 5.74) is 0.604. The van der Waals surface area contributed by atoms with Crippen molar-refractivity contribution in [1.29, 1.82) is 0 Å². The minimum atomic E-state index is 0.170. The van der Waals surface area contributed by atoms with Crippen molar-refractivity contribution < 1.29 is 9.84 Å². The summed E-state index contributed by atoms with van der Waals surface area (Å²) in [6, 6.07) is 6.96. The molecule has 0 aliphatic heterocycles. The lowest BCUT2D eigenvalue weighted by Crippen LogP contribution is -1.96. The van der Waals surface area contributed by atoms with E-state index in [0.717, 1.165) is 0 Å². The van der Waals surface area contributed by atoms with Crippen LogP contribution < -0.4 is 4.74 Å². The highest BCUT2D eigenvalue weighted by Gasteiger charge is 2.11. The first-order valence-electron chi connectivity index (χ1n) is 4.30. The number of rotatable bonds is 2. The zero-order chi connectivity index (χ0) is 10.8. The average molecular weight is 269 g/mol. The second-order valence-electron chi connectivity index (χ2n) is 2.90. The van der Waals surface area contributed by atoms with Gasteiger partial charge in [-0.2, -0.15) is 5.10 Å². The van der Waals surface area contributed by atoms with E-state index in [1.807, 2.05) is 6.07 Å². The quantitative estimate of drug-likeness (QED) is 0.910. The van der Waals surface area contributed by atoms with Crippen LogP contribution >= 0.6 is 15.9 Å². The van der Waals surface area contributed by atoms with Crippen molar-refractivity contribution in [3.05, 3.63) is 35.1 Å². The second-order valence-corrected chi connectivity index (χ2v) is 3.66. The highest BCUT2D eigenvalue weighted by molar-refractivity contribution is 9.10. The Morgan fingerprint density at radius 1 is 1.40 bits per heavy atom. The van der Waals surface area contributed by atoms with Crippen molar-refractivity contribution >= 4 is 15.9 Å². The van der Waals surface area contributed by atoms with Gasteiger partial charge in [0, 0.05) is 0 Å². The summed E-state index contributed by atoms with van der Waals surface area (Å²) >= 11 is 3.35. The van der Waals surface area contributed by atoms with Gasteiger partial charge in [0.05, 0.1) is 13.3 Å². The zero-order valence-electron chi connectivity index (χ0n) is 8.01. The number of methoxy groups -OCH3 is 1. The molecule has 5 heteroatoms. The van der Waals surface area contributed by atoms with Crippen LogP contribution in [-0.2, 0) is 0 Å². The van der Waals surface area contributed by atoms with Crippen molar-refractivity contribution in [2.24, 2.45) is 0 Å². The van der Waals surface area contributed by atoms with Crippen molar-refractivity contribution in [2.45, 2.75) is 0 Å². The number of benzene rings is 1. The molecular formula is C10H9BrN2O2. The Balaban J connectivity index is 2.55. The van der Waals surface area contributed by atoms with Crippen LogP contribution in [0.3, 0.4) is 0 Å². The molecule has 0 aliphatic carbocycles. The largest absolute Gasteiger partial charge is 0.506 e. The molecule has 0 aliphatic rings. The Hall–Kier alpha value is -1.49. The van der Waals surface area contributed by atoms with E-state index in [1.54, 1.807) is 36.2 Å². The molecule has 1 N–H and O–H groups in total. The van der Waals surface area contributed by atoms with Gasteiger partial charge in [-0.3, -0.25) is 0 Å². The summed E-state index contributed by atoms with van der Waals surface area (Å²) < 4.78 is 7.31. The first-order chi connectivity index (χ1) is 7.24. The standard InChI is InChI=1S/C10H9BrN2O2/c1-15-9-6-12-13(10(9)11)7-4-2-3-5-8(7)14/h2-6,14H,1H3. The number of aromatic hydroxyl groups is 1. The van der Waals surface area contributed by atoms with Gasteiger partial charge in [-0.15, -0.1) is 0 Å². The van der Waals surface area contributed by atoms with Gasteiger partial charge in [0.25, 0.3) is 0 Å². The van der Waals surface area contributed by atoms with Gasteiger partial charge in [0.1, 0.15) is 11.4 Å². The number of nitrogens with zero attached hydrogens (tertiary/aromatic N) is 2. The third kappa shape index (κ3) is 1.70. The topological polar surface area (TPSA) is 47.3 Å². The molecule has 0 unspecified atom stereocenters. The number of phenolic OH excluding ortho intramolecular Hbond substituents is 1. The van der Waals surface area contributed by atoms with Crippen LogP contribution in [0.5, 0.6) is 11.5 Å². The van der Waals surface area contributed by atoms with Crippen LogP contribution in [0.4, 0.5) is 0 Å². The molecule has 0 saturated carbocycles. The molecule has 1 heterocycles.